The molecule has 0 spiro atoms. The Kier molecular flexibility index (Phi) is 6.74. The van der Waals surface area contributed by atoms with Gasteiger partial charge in [0.2, 0.25) is 15.9 Å². The van der Waals surface area contributed by atoms with Crippen molar-refractivity contribution in [3.63, 3.8) is 0 Å². The van der Waals surface area contributed by atoms with E-state index in [2.05, 4.69) is 10.1 Å². The van der Waals surface area contributed by atoms with Gasteiger partial charge in [-0.15, -0.1) is 0 Å². The van der Waals surface area contributed by atoms with Crippen LogP contribution in [0.1, 0.15) is 18.1 Å². The number of carbonyl (C=O) groups excluding carboxylic acids is 2. The van der Waals surface area contributed by atoms with Crippen molar-refractivity contribution in [2.45, 2.75) is 25.7 Å². The number of benzene rings is 1. The van der Waals surface area contributed by atoms with Gasteiger partial charge in [0.15, 0.2) is 0 Å². The summed E-state index contributed by atoms with van der Waals surface area (Å²) in [7, 11) is -3.56. The van der Waals surface area contributed by atoms with Crippen molar-refractivity contribution in [3.05, 3.63) is 29.3 Å². The molecule has 1 heterocycles. The molecule has 1 aliphatic heterocycles. The molecule has 1 aromatic carbocycles. The van der Waals surface area contributed by atoms with Crippen LogP contribution in [0.2, 0.25) is 0 Å². The van der Waals surface area contributed by atoms with Crippen LogP contribution in [0.25, 0.3) is 0 Å². The number of nitrogens with one attached hydrogen (secondary N) is 1. The highest BCUT2D eigenvalue weighted by Gasteiger charge is 2.30. The first-order valence-corrected chi connectivity index (χ1v) is 9.94. The maximum Gasteiger partial charge on any atom is 0.413 e. The van der Waals surface area contributed by atoms with Gasteiger partial charge in [0.25, 0.3) is 0 Å². The van der Waals surface area contributed by atoms with Crippen LogP contribution in [0.4, 0.5) is 4.79 Å². The number of amides is 2. The molecule has 0 unspecified atom stereocenters. The summed E-state index contributed by atoms with van der Waals surface area (Å²) in [5.41, 5.74) is 1.74. The number of aryl methyl sites for hydroxylation is 2. The fourth-order valence-corrected chi connectivity index (χ4v) is 4.51. The van der Waals surface area contributed by atoms with Crippen LogP contribution in [0.5, 0.6) is 0 Å². The summed E-state index contributed by atoms with van der Waals surface area (Å²) in [4.78, 5) is 25.1. The van der Waals surface area contributed by atoms with Crippen LogP contribution in [0.15, 0.2) is 23.1 Å². The van der Waals surface area contributed by atoms with Crippen LogP contribution < -0.4 is 5.32 Å². The number of alkyl carbamates (subject to hydrolysis) is 1. The number of hydrogen-bond acceptors (Lipinski definition) is 6. The predicted octanol–water partition coefficient (Wildman–Crippen LogP) is 0.882. The normalized spacial score (nSPS) is 16.3. The van der Waals surface area contributed by atoms with Crippen molar-refractivity contribution in [1.29, 1.82) is 0 Å². The SMILES string of the molecule is CCOC(=O)NC(=O)CN1CCN(S(=O)(=O)c2ccc(C)cc2C)CC1. The molecule has 1 saturated heterocycles. The number of rotatable bonds is 5. The molecule has 1 fully saturated rings. The third kappa shape index (κ3) is 5.03. The van der Waals surface area contributed by atoms with E-state index in [0.717, 1.165) is 11.1 Å². The Balaban J connectivity index is 1.93. The van der Waals surface area contributed by atoms with Gasteiger partial charge >= 0.3 is 6.09 Å². The van der Waals surface area contributed by atoms with E-state index in [1.54, 1.807) is 26.0 Å². The van der Waals surface area contributed by atoms with Crippen LogP contribution in [-0.2, 0) is 19.6 Å². The van der Waals surface area contributed by atoms with Crippen molar-refractivity contribution in [2.24, 2.45) is 0 Å². The van der Waals surface area contributed by atoms with Gasteiger partial charge in [-0.1, -0.05) is 17.7 Å². The van der Waals surface area contributed by atoms with Gasteiger partial charge in [0.1, 0.15) is 0 Å². The molecular weight excluding hydrogens is 358 g/mol. The van der Waals surface area contributed by atoms with Gasteiger partial charge in [-0.25, -0.2) is 13.2 Å². The van der Waals surface area contributed by atoms with Gasteiger partial charge in [-0.2, -0.15) is 4.31 Å². The minimum absolute atomic E-state index is 0.0241. The zero-order valence-electron chi connectivity index (χ0n) is 15.3. The van der Waals surface area contributed by atoms with Crippen molar-refractivity contribution < 1.29 is 22.7 Å². The highest BCUT2D eigenvalue weighted by molar-refractivity contribution is 7.89. The summed E-state index contributed by atoms with van der Waals surface area (Å²) in [6.07, 6.45) is -0.770. The molecule has 8 nitrogen and oxygen atoms in total. The Morgan fingerprint density at radius 1 is 1.15 bits per heavy atom. The molecule has 26 heavy (non-hydrogen) atoms. The Morgan fingerprint density at radius 3 is 2.38 bits per heavy atom. The molecule has 0 saturated carbocycles. The summed E-state index contributed by atoms with van der Waals surface area (Å²) in [5.74, 6) is -0.464. The van der Waals surface area contributed by atoms with Crippen molar-refractivity contribution in [2.75, 3.05) is 39.3 Å². The lowest BCUT2D eigenvalue weighted by molar-refractivity contribution is -0.121. The zero-order valence-corrected chi connectivity index (χ0v) is 16.1. The topological polar surface area (TPSA) is 96.0 Å². The average Bonchev–Trinajstić information content (AvgIpc) is 2.55. The molecule has 1 aromatic rings. The van der Waals surface area contributed by atoms with E-state index in [4.69, 9.17) is 0 Å². The van der Waals surface area contributed by atoms with E-state index in [9.17, 15) is 18.0 Å². The van der Waals surface area contributed by atoms with Gasteiger partial charge in [-0.3, -0.25) is 15.0 Å². The molecule has 0 bridgehead atoms. The fourth-order valence-electron chi connectivity index (χ4n) is 2.88. The monoisotopic (exact) mass is 383 g/mol. The number of ether oxygens (including phenoxy) is 1. The molecule has 1 N–H and O–H groups in total. The van der Waals surface area contributed by atoms with Crippen molar-refractivity contribution >= 4 is 22.0 Å². The van der Waals surface area contributed by atoms with Gasteiger partial charge < -0.3 is 4.74 Å². The zero-order chi connectivity index (χ0) is 19.3. The van der Waals surface area contributed by atoms with Crippen LogP contribution >= 0.6 is 0 Å². The van der Waals surface area contributed by atoms with E-state index < -0.39 is 22.0 Å². The van der Waals surface area contributed by atoms with E-state index in [-0.39, 0.29) is 13.2 Å². The van der Waals surface area contributed by atoms with Crippen LogP contribution in [0, 0.1) is 13.8 Å². The van der Waals surface area contributed by atoms with Gasteiger partial charge in [-0.05, 0) is 32.4 Å². The minimum atomic E-state index is -3.56. The molecule has 0 radical (unpaired) electrons. The second-order valence-corrected chi connectivity index (χ2v) is 8.12. The lowest BCUT2D eigenvalue weighted by atomic mass is 10.2. The Bertz CT molecular complexity index is 771. The Labute approximate surface area is 154 Å². The predicted molar refractivity (Wildman–Crippen MR) is 96.3 cm³/mol. The van der Waals surface area contributed by atoms with E-state index >= 15 is 0 Å². The fraction of sp³-hybridized carbons (Fsp3) is 0.529. The maximum absolute atomic E-state index is 12.8. The van der Waals surface area contributed by atoms with Crippen molar-refractivity contribution in [1.82, 2.24) is 14.5 Å². The maximum atomic E-state index is 12.8. The van der Waals surface area contributed by atoms with E-state index in [1.165, 1.54) is 4.31 Å². The lowest BCUT2D eigenvalue weighted by Gasteiger charge is -2.33. The smallest absolute Gasteiger partial charge is 0.413 e. The Hall–Kier alpha value is -1.97. The summed E-state index contributed by atoms with van der Waals surface area (Å²) >= 11 is 0. The summed E-state index contributed by atoms with van der Waals surface area (Å²) in [6, 6.07) is 5.28. The average molecular weight is 383 g/mol. The number of piperazine rings is 1. The first-order valence-electron chi connectivity index (χ1n) is 8.50. The third-order valence-corrected chi connectivity index (χ3v) is 6.22. The van der Waals surface area contributed by atoms with E-state index in [0.29, 0.717) is 31.1 Å². The third-order valence-electron chi connectivity index (χ3n) is 4.16. The molecule has 9 heteroatoms. The van der Waals surface area contributed by atoms with E-state index in [1.807, 2.05) is 17.9 Å². The number of hydrogen-bond donors (Lipinski definition) is 1. The molecule has 1 aliphatic rings. The highest BCUT2D eigenvalue weighted by Crippen LogP contribution is 2.22. The quantitative estimate of drug-likeness (QED) is 0.811. The number of nitrogens with zero attached hydrogens (tertiary/aromatic N) is 2. The first kappa shape index (κ1) is 20.3. The summed E-state index contributed by atoms with van der Waals surface area (Å²) < 4.78 is 31.8. The van der Waals surface area contributed by atoms with Crippen molar-refractivity contribution in [3.8, 4) is 0 Å². The number of imide groups is 1. The number of carbonyl (C=O) groups is 2. The lowest BCUT2D eigenvalue weighted by Crippen LogP contribution is -2.51. The second kappa shape index (κ2) is 8.61. The summed E-state index contributed by atoms with van der Waals surface area (Å²) in [6.45, 7) is 6.99. The molecule has 0 atom stereocenters. The molecule has 2 rings (SSSR count). The minimum Gasteiger partial charge on any atom is -0.450 e. The highest BCUT2D eigenvalue weighted by atomic mass is 32.2. The molecule has 144 valence electrons. The second-order valence-electron chi connectivity index (χ2n) is 6.22. The van der Waals surface area contributed by atoms with Gasteiger partial charge in [0, 0.05) is 26.2 Å². The number of sulfonamides is 1. The standard InChI is InChI=1S/C17H25N3O5S/c1-4-25-17(22)18-16(21)12-19-7-9-20(10-8-19)26(23,24)15-6-5-13(2)11-14(15)3/h5-6,11H,4,7-10,12H2,1-3H3,(H,18,21,22). The molecule has 2 amide bonds. The molecular formula is C17H25N3O5S. The Morgan fingerprint density at radius 2 is 1.81 bits per heavy atom. The van der Waals surface area contributed by atoms with Crippen LogP contribution in [-0.4, -0.2) is 69.0 Å². The van der Waals surface area contributed by atoms with Gasteiger partial charge in [0.05, 0.1) is 18.0 Å². The first-order chi connectivity index (χ1) is 12.2. The summed E-state index contributed by atoms with van der Waals surface area (Å²) in [5, 5.41) is 2.13. The molecule has 0 aliphatic carbocycles. The molecule has 0 aromatic heterocycles. The van der Waals surface area contributed by atoms with Crippen LogP contribution in [0.3, 0.4) is 0 Å². The largest absolute Gasteiger partial charge is 0.450 e.